The molecule has 0 saturated heterocycles. The molecule has 0 aromatic heterocycles. The number of hydrogen-bond donors (Lipinski definition) is 0. The Bertz CT molecular complexity index is 129. The van der Waals surface area contributed by atoms with Gasteiger partial charge in [-0.3, -0.25) is 0 Å². The van der Waals surface area contributed by atoms with Crippen molar-refractivity contribution in [3.63, 3.8) is 0 Å². The number of unbranched alkanes of at least 4 members (excludes halogenated alkanes) is 10. The van der Waals surface area contributed by atoms with Crippen LogP contribution in [0, 0.1) is 0 Å². The van der Waals surface area contributed by atoms with E-state index in [0.29, 0.717) is 0 Å². The Hall–Kier alpha value is -0.0400. The van der Waals surface area contributed by atoms with E-state index in [0.717, 1.165) is 0 Å². The molecule has 0 atom stereocenters. The van der Waals surface area contributed by atoms with E-state index >= 15 is 0 Å². The lowest BCUT2D eigenvalue weighted by Gasteiger charge is -2.07. The summed E-state index contributed by atoms with van der Waals surface area (Å²) in [6, 6.07) is 0. The lowest BCUT2D eigenvalue weighted by molar-refractivity contribution is 0.430. The van der Waals surface area contributed by atoms with Crippen LogP contribution in [0.15, 0.2) is 0 Å². The van der Waals surface area contributed by atoms with Gasteiger partial charge in [0.25, 0.3) is 0 Å². The summed E-state index contributed by atoms with van der Waals surface area (Å²) in [5.74, 6) is 0. The standard InChI is InChI=1S/C17H37N/c1-4-6-8-10-12-14-16-18(3)17-15-13-11-9-7-5-2/h4-17H2,1-3H3/q+1. The lowest BCUT2D eigenvalue weighted by atomic mass is 10.1. The minimum Gasteiger partial charge on any atom is -0.173 e. The maximum absolute atomic E-state index is 2.53. The van der Waals surface area contributed by atoms with Crippen molar-refractivity contribution >= 4 is 0 Å². The van der Waals surface area contributed by atoms with Gasteiger partial charge in [-0.25, -0.2) is 0 Å². The Kier molecular flexibility index (Phi) is 15.0. The van der Waals surface area contributed by atoms with Crippen LogP contribution in [0.5, 0.6) is 0 Å². The van der Waals surface area contributed by atoms with Gasteiger partial charge >= 0.3 is 0 Å². The predicted octanol–water partition coefficient (Wildman–Crippen LogP) is 5.48. The summed E-state index contributed by atoms with van der Waals surface area (Å²) >= 11 is 0. The summed E-state index contributed by atoms with van der Waals surface area (Å²) in [6.07, 6.45) is 17.0. The fraction of sp³-hybridized carbons (Fsp3) is 1.00. The van der Waals surface area contributed by atoms with Crippen LogP contribution in [0.2, 0.25) is 0 Å². The van der Waals surface area contributed by atoms with Gasteiger partial charge in [-0.05, 0) is 12.8 Å². The summed E-state index contributed by atoms with van der Waals surface area (Å²) in [5.41, 5.74) is 0. The van der Waals surface area contributed by atoms with Gasteiger partial charge in [0.1, 0.15) is 20.1 Å². The Morgan fingerprint density at radius 2 is 0.833 bits per heavy atom. The van der Waals surface area contributed by atoms with E-state index in [1.54, 1.807) is 0 Å². The molecule has 0 fully saturated rings. The molecule has 109 valence electrons. The van der Waals surface area contributed by atoms with E-state index in [9.17, 15) is 0 Å². The minimum absolute atomic E-state index is 1.31. The van der Waals surface area contributed by atoms with Crippen molar-refractivity contribution in [3.05, 3.63) is 0 Å². The highest BCUT2D eigenvalue weighted by molar-refractivity contribution is 4.58. The van der Waals surface area contributed by atoms with Crippen molar-refractivity contribution in [1.82, 2.24) is 4.90 Å². The molecule has 0 bridgehead atoms. The third-order valence-electron chi connectivity index (χ3n) is 3.79. The molecule has 1 radical (unpaired) electrons. The van der Waals surface area contributed by atoms with Crippen molar-refractivity contribution in [2.75, 3.05) is 20.1 Å². The highest BCUT2D eigenvalue weighted by Gasteiger charge is 2.06. The van der Waals surface area contributed by atoms with Gasteiger partial charge in [-0.15, -0.1) is 0 Å². The van der Waals surface area contributed by atoms with Gasteiger partial charge in [-0.1, -0.05) is 65.2 Å². The molecule has 1 heteroatoms. The second-order valence-electron chi connectivity index (χ2n) is 5.84. The first-order chi connectivity index (χ1) is 8.81. The molecule has 0 heterocycles. The summed E-state index contributed by atoms with van der Waals surface area (Å²) < 4.78 is 0. The lowest BCUT2D eigenvalue weighted by Crippen LogP contribution is -2.27. The molecule has 0 unspecified atom stereocenters. The van der Waals surface area contributed by atoms with Gasteiger partial charge < -0.3 is 0 Å². The maximum atomic E-state index is 2.53. The molecular weight excluding hydrogens is 218 g/mol. The normalized spacial score (nSPS) is 11.3. The molecule has 0 rings (SSSR count). The summed E-state index contributed by atoms with van der Waals surface area (Å²) in [6.45, 7) is 7.19. The molecule has 0 spiro atoms. The van der Waals surface area contributed by atoms with Crippen LogP contribution in [-0.2, 0) is 0 Å². The summed E-state index contributed by atoms with van der Waals surface area (Å²) in [4.78, 5) is 2.53. The van der Waals surface area contributed by atoms with Crippen LogP contribution < -0.4 is 4.90 Å². The zero-order valence-corrected chi connectivity index (χ0v) is 13.3. The van der Waals surface area contributed by atoms with Crippen LogP contribution in [-0.4, -0.2) is 20.1 Å². The molecule has 1 nitrogen and oxygen atoms in total. The zero-order valence-electron chi connectivity index (χ0n) is 13.3. The summed E-state index contributed by atoms with van der Waals surface area (Å²) in [7, 11) is 2.29. The Balaban J connectivity index is 3.10. The van der Waals surface area contributed by atoms with Gasteiger partial charge in [0.05, 0.1) is 0 Å². The van der Waals surface area contributed by atoms with Gasteiger partial charge in [0, 0.05) is 12.8 Å². The molecule has 0 aromatic rings. The Morgan fingerprint density at radius 3 is 1.22 bits per heavy atom. The molecule has 0 saturated carbocycles. The molecule has 0 aliphatic carbocycles. The first-order valence-electron chi connectivity index (χ1n) is 8.49. The van der Waals surface area contributed by atoms with Gasteiger partial charge in [0.15, 0.2) is 0 Å². The van der Waals surface area contributed by atoms with Crippen LogP contribution >= 0.6 is 0 Å². The van der Waals surface area contributed by atoms with Crippen molar-refractivity contribution in [2.45, 2.75) is 90.9 Å². The Labute approximate surface area is 116 Å². The smallest absolute Gasteiger partial charge is 0.122 e. The molecule has 18 heavy (non-hydrogen) atoms. The molecule has 0 aliphatic heterocycles. The first-order valence-corrected chi connectivity index (χ1v) is 8.49. The molecule has 0 aromatic carbocycles. The minimum atomic E-state index is 1.31. The SMILES string of the molecule is CCCCCCCC[N+](C)CCCCCCCC. The molecule has 0 aliphatic rings. The first kappa shape index (κ1) is 18.0. The van der Waals surface area contributed by atoms with E-state index < -0.39 is 0 Å². The molecule has 0 amide bonds. The van der Waals surface area contributed by atoms with Crippen LogP contribution in [0.3, 0.4) is 0 Å². The van der Waals surface area contributed by atoms with E-state index in [-0.39, 0.29) is 0 Å². The van der Waals surface area contributed by atoms with Crippen molar-refractivity contribution in [1.29, 1.82) is 0 Å². The van der Waals surface area contributed by atoms with Crippen molar-refractivity contribution in [2.24, 2.45) is 0 Å². The van der Waals surface area contributed by atoms with Gasteiger partial charge in [0.2, 0.25) is 0 Å². The quantitative estimate of drug-likeness (QED) is 0.286. The Morgan fingerprint density at radius 1 is 0.500 bits per heavy atom. The highest BCUT2D eigenvalue weighted by Crippen LogP contribution is 2.07. The topological polar surface area (TPSA) is 5.90 Å². The van der Waals surface area contributed by atoms with E-state index in [1.165, 1.54) is 90.1 Å². The fourth-order valence-corrected chi connectivity index (χ4v) is 2.44. The van der Waals surface area contributed by atoms with Crippen molar-refractivity contribution in [3.8, 4) is 0 Å². The van der Waals surface area contributed by atoms with E-state index in [2.05, 4.69) is 25.8 Å². The number of hydrogen-bond acceptors (Lipinski definition) is 1. The number of rotatable bonds is 14. The average Bonchev–Trinajstić information content (AvgIpc) is 2.38. The zero-order chi connectivity index (χ0) is 13.5. The van der Waals surface area contributed by atoms with Gasteiger partial charge in [-0.2, -0.15) is 4.90 Å². The second-order valence-corrected chi connectivity index (χ2v) is 5.84. The second kappa shape index (κ2) is 15.0. The highest BCUT2D eigenvalue weighted by atomic mass is 15.1. The molecular formula is C17H37N+. The average molecular weight is 255 g/mol. The van der Waals surface area contributed by atoms with Crippen LogP contribution in [0.25, 0.3) is 0 Å². The largest absolute Gasteiger partial charge is 0.173 e. The third kappa shape index (κ3) is 14.0. The van der Waals surface area contributed by atoms with E-state index in [1.807, 2.05) is 0 Å². The monoisotopic (exact) mass is 255 g/mol. The third-order valence-corrected chi connectivity index (χ3v) is 3.79. The van der Waals surface area contributed by atoms with E-state index in [4.69, 9.17) is 0 Å². The maximum Gasteiger partial charge on any atom is 0.122 e. The molecule has 0 N–H and O–H groups in total. The summed E-state index contributed by atoms with van der Waals surface area (Å²) in [5, 5.41) is 0. The predicted molar refractivity (Wildman–Crippen MR) is 84.5 cm³/mol. The van der Waals surface area contributed by atoms with Crippen molar-refractivity contribution < 1.29 is 0 Å². The van der Waals surface area contributed by atoms with Crippen LogP contribution in [0.4, 0.5) is 0 Å². The number of nitrogens with zero attached hydrogens (tertiary/aromatic N) is 1. The fourth-order valence-electron chi connectivity index (χ4n) is 2.44. The van der Waals surface area contributed by atoms with Crippen LogP contribution in [0.1, 0.15) is 90.9 Å².